The molecule has 2 N–H and O–H groups in total. The van der Waals surface area contributed by atoms with Gasteiger partial charge in [0.2, 0.25) is 0 Å². The summed E-state index contributed by atoms with van der Waals surface area (Å²) in [5.41, 5.74) is 1.00. The van der Waals surface area contributed by atoms with E-state index in [0.29, 0.717) is 23.9 Å². The number of benzene rings is 1. The van der Waals surface area contributed by atoms with Crippen molar-refractivity contribution in [3.63, 3.8) is 0 Å². The molecule has 0 aliphatic heterocycles. The zero-order valence-corrected chi connectivity index (χ0v) is 13.8. The summed E-state index contributed by atoms with van der Waals surface area (Å²) in [5.74, 6) is 0. The molecule has 0 spiro atoms. The van der Waals surface area contributed by atoms with Gasteiger partial charge in [-0.2, -0.15) is 0 Å². The lowest BCUT2D eigenvalue weighted by Gasteiger charge is -2.22. The first-order valence-corrected chi connectivity index (χ1v) is 9.67. The average molecular weight is 324 g/mol. The number of urea groups is 1. The number of amides is 2. The Morgan fingerprint density at radius 3 is 2.36 bits per heavy atom. The van der Waals surface area contributed by atoms with Crippen molar-refractivity contribution in [1.82, 2.24) is 10.6 Å². The lowest BCUT2D eigenvalue weighted by molar-refractivity contribution is 0.233. The Labute approximate surface area is 132 Å². The Hall–Kier alpha value is -1.56. The molecular weight excluding hydrogens is 300 g/mol. The van der Waals surface area contributed by atoms with Gasteiger partial charge in [-0.3, -0.25) is 0 Å². The van der Waals surface area contributed by atoms with Crippen LogP contribution in [0, 0.1) is 0 Å². The molecule has 0 radical (unpaired) electrons. The lowest BCUT2D eigenvalue weighted by Crippen LogP contribution is -2.43. The first-order chi connectivity index (χ1) is 10.4. The Morgan fingerprint density at radius 2 is 1.77 bits per heavy atom. The molecule has 0 bridgehead atoms. The molecule has 0 atom stereocenters. The van der Waals surface area contributed by atoms with Crippen LogP contribution in [0.3, 0.4) is 0 Å². The highest BCUT2D eigenvalue weighted by atomic mass is 32.2. The molecule has 1 aliphatic rings. The number of carbonyl (C=O) groups is 1. The Morgan fingerprint density at radius 1 is 1.14 bits per heavy atom. The molecule has 0 unspecified atom stereocenters. The third-order valence-corrected chi connectivity index (χ3v) is 5.12. The van der Waals surface area contributed by atoms with Crippen molar-refractivity contribution in [2.75, 3.05) is 12.8 Å². The first kappa shape index (κ1) is 16.8. The molecule has 2 rings (SSSR count). The number of carbonyl (C=O) groups excluding carboxylic acids is 1. The van der Waals surface area contributed by atoms with Gasteiger partial charge in [-0.25, -0.2) is 13.2 Å². The molecule has 0 aromatic heterocycles. The van der Waals surface area contributed by atoms with E-state index in [9.17, 15) is 13.2 Å². The van der Waals surface area contributed by atoms with E-state index in [1.54, 1.807) is 24.3 Å². The van der Waals surface area contributed by atoms with Crippen molar-refractivity contribution in [1.29, 1.82) is 0 Å². The van der Waals surface area contributed by atoms with Gasteiger partial charge in [0.15, 0.2) is 9.84 Å². The van der Waals surface area contributed by atoms with Gasteiger partial charge in [-0.15, -0.1) is 0 Å². The van der Waals surface area contributed by atoms with Crippen molar-refractivity contribution < 1.29 is 13.2 Å². The summed E-state index contributed by atoms with van der Waals surface area (Å²) in [6.07, 6.45) is 7.67. The number of sulfone groups is 1. The van der Waals surface area contributed by atoms with Crippen molar-refractivity contribution in [3.8, 4) is 0 Å². The van der Waals surface area contributed by atoms with Crippen LogP contribution in [-0.2, 0) is 16.3 Å². The van der Waals surface area contributed by atoms with E-state index in [4.69, 9.17) is 0 Å². The fourth-order valence-electron chi connectivity index (χ4n) is 2.71. The third-order valence-electron chi connectivity index (χ3n) is 3.99. The van der Waals surface area contributed by atoms with Gasteiger partial charge in [0.25, 0.3) is 0 Å². The van der Waals surface area contributed by atoms with Crippen LogP contribution in [0.2, 0.25) is 0 Å². The maximum absolute atomic E-state index is 11.8. The first-order valence-electron chi connectivity index (χ1n) is 7.78. The maximum atomic E-state index is 11.8. The van der Waals surface area contributed by atoms with E-state index in [1.807, 2.05) is 0 Å². The highest BCUT2D eigenvalue weighted by Crippen LogP contribution is 2.17. The summed E-state index contributed by atoms with van der Waals surface area (Å²) >= 11 is 0. The number of hydrogen-bond acceptors (Lipinski definition) is 3. The highest BCUT2D eigenvalue weighted by molar-refractivity contribution is 7.90. The van der Waals surface area contributed by atoms with Crippen LogP contribution in [-0.4, -0.2) is 33.3 Å². The van der Waals surface area contributed by atoms with Crippen LogP contribution in [0.1, 0.15) is 37.7 Å². The molecular formula is C16H24N2O3S. The van der Waals surface area contributed by atoms with Gasteiger partial charge in [0, 0.05) is 18.8 Å². The van der Waals surface area contributed by atoms with E-state index in [0.717, 1.165) is 18.4 Å². The van der Waals surface area contributed by atoms with Crippen LogP contribution in [0.5, 0.6) is 0 Å². The van der Waals surface area contributed by atoms with Crippen LogP contribution in [0.15, 0.2) is 29.2 Å². The predicted molar refractivity (Wildman–Crippen MR) is 86.7 cm³/mol. The summed E-state index contributed by atoms with van der Waals surface area (Å²) in [4.78, 5) is 12.1. The summed E-state index contributed by atoms with van der Waals surface area (Å²) in [7, 11) is -3.15. The number of rotatable bonds is 5. The van der Waals surface area contributed by atoms with E-state index >= 15 is 0 Å². The highest BCUT2D eigenvalue weighted by Gasteiger charge is 2.15. The minimum absolute atomic E-state index is 0.111. The van der Waals surface area contributed by atoms with Crippen molar-refractivity contribution in [2.24, 2.45) is 0 Å². The quantitative estimate of drug-likeness (QED) is 0.872. The van der Waals surface area contributed by atoms with E-state index < -0.39 is 9.84 Å². The Kier molecular flexibility index (Phi) is 5.83. The zero-order valence-electron chi connectivity index (χ0n) is 13.0. The molecule has 122 valence electrons. The second kappa shape index (κ2) is 7.63. The molecule has 22 heavy (non-hydrogen) atoms. The van der Waals surface area contributed by atoms with Crippen molar-refractivity contribution in [3.05, 3.63) is 29.8 Å². The monoisotopic (exact) mass is 324 g/mol. The topological polar surface area (TPSA) is 75.3 Å². The fourth-order valence-corrected chi connectivity index (χ4v) is 3.34. The average Bonchev–Trinajstić information content (AvgIpc) is 2.48. The van der Waals surface area contributed by atoms with Gasteiger partial charge in [-0.05, 0) is 37.0 Å². The molecule has 0 heterocycles. The Balaban J connectivity index is 1.72. The summed E-state index contributed by atoms with van der Waals surface area (Å²) in [5, 5.41) is 5.86. The molecule has 6 heteroatoms. The van der Waals surface area contributed by atoms with Crippen LogP contribution in [0.4, 0.5) is 4.79 Å². The molecule has 1 aromatic rings. The van der Waals surface area contributed by atoms with E-state index in [2.05, 4.69) is 10.6 Å². The van der Waals surface area contributed by atoms with Gasteiger partial charge in [0.05, 0.1) is 4.90 Å². The zero-order chi connectivity index (χ0) is 16.0. The molecule has 1 aromatic carbocycles. The van der Waals surface area contributed by atoms with Crippen LogP contribution in [0.25, 0.3) is 0 Å². The van der Waals surface area contributed by atoms with Crippen molar-refractivity contribution in [2.45, 2.75) is 49.5 Å². The Bertz CT molecular complexity index is 590. The minimum Gasteiger partial charge on any atom is -0.338 e. The van der Waals surface area contributed by atoms with Gasteiger partial charge in [0.1, 0.15) is 0 Å². The number of nitrogens with one attached hydrogen (secondary N) is 2. The molecule has 2 amide bonds. The van der Waals surface area contributed by atoms with Crippen molar-refractivity contribution >= 4 is 15.9 Å². The molecule has 5 nitrogen and oxygen atoms in total. The summed E-state index contributed by atoms with van der Waals surface area (Å²) < 4.78 is 22.7. The standard InChI is InChI=1S/C16H24N2O3S/c1-22(20,21)15-9-7-13(8-10-15)11-12-17-16(19)18-14-5-3-2-4-6-14/h7-10,14H,2-6,11-12H2,1H3,(H2,17,18,19). The molecule has 0 saturated heterocycles. The van der Waals surface area contributed by atoms with Gasteiger partial charge < -0.3 is 10.6 Å². The normalized spacial score (nSPS) is 16.2. The third kappa shape index (κ3) is 5.33. The summed E-state index contributed by atoms with van der Waals surface area (Å²) in [6, 6.07) is 6.98. The second-order valence-corrected chi connectivity index (χ2v) is 7.92. The largest absolute Gasteiger partial charge is 0.338 e. The minimum atomic E-state index is -3.15. The van der Waals surface area contributed by atoms with Gasteiger partial charge >= 0.3 is 6.03 Å². The fraction of sp³-hybridized carbons (Fsp3) is 0.562. The van der Waals surface area contributed by atoms with Crippen LogP contribution >= 0.6 is 0 Å². The molecule has 1 fully saturated rings. The predicted octanol–water partition coefficient (Wildman–Crippen LogP) is 2.26. The SMILES string of the molecule is CS(=O)(=O)c1ccc(CCNC(=O)NC2CCCCC2)cc1. The number of hydrogen-bond donors (Lipinski definition) is 2. The molecule has 1 saturated carbocycles. The van der Waals surface area contributed by atoms with E-state index in [1.165, 1.54) is 25.5 Å². The van der Waals surface area contributed by atoms with Crippen LogP contribution < -0.4 is 10.6 Å². The maximum Gasteiger partial charge on any atom is 0.315 e. The van der Waals surface area contributed by atoms with Gasteiger partial charge in [-0.1, -0.05) is 31.4 Å². The second-order valence-electron chi connectivity index (χ2n) is 5.90. The van der Waals surface area contributed by atoms with E-state index in [-0.39, 0.29) is 6.03 Å². The summed E-state index contributed by atoms with van der Waals surface area (Å²) in [6.45, 7) is 0.538. The smallest absolute Gasteiger partial charge is 0.315 e. The lowest BCUT2D eigenvalue weighted by atomic mass is 9.96. The molecule has 1 aliphatic carbocycles.